The molecule has 0 saturated heterocycles. The lowest BCUT2D eigenvalue weighted by atomic mass is 9.90. The van der Waals surface area contributed by atoms with Crippen LogP contribution < -0.4 is 16.4 Å². The van der Waals surface area contributed by atoms with Gasteiger partial charge in [0.2, 0.25) is 11.9 Å². The number of aryl methyl sites for hydroxylation is 1. The number of aromatic nitrogens is 2. The first-order valence-electron chi connectivity index (χ1n) is 10.1. The zero-order valence-electron chi connectivity index (χ0n) is 17.1. The van der Waals surface area contributed by atoms with Gasteiger partial charge in [0.1, 0.15) is 5.02 Å². The van der Waals surface area contributed by atoms with Crippen LogP contribution in [0.2, 0.25) is 5.02 Å². The van der Waals surface area contributed by atoms with Crippen LogP contribution in [0.3, 0.4) is 0 Å². The van der Waals surface area contributed by atoms with Crippen LogP contribution in [0.15, 0.2) is 42.6 Å². The summed E-state index contributed by atoms with van der Waals surface area (Å²) in [5, 5.41) is 17.9. The van der Waals surface area contributed by atoms with Crippen molar-refractivity contribution >= 4 is 40.6 Å². The Balaban J connectivity index is 1.60. The molecule has 3 aromatic rings. The highest BCUT2D eigenvalue weighted by molar-refractivity contribution is 6.32. The zero-order valence-corrected chi connectivity index (χ0v) is 17.9. The molecule has 0 unspecified atom stereocenters. The fourth-order valence-corrected chi connectivity index (χ4v) is 3.99. The molecule has 0 spiro atoms. The molecular weight excluding hydrogens is 432 g/mol. The molecule has 10 heteroatoms. The quantitative estimate of drug-likeness (QED) is 0.357. The predicted molar refractivity (Wildman–Crippen MR) is 122 cm³/mol. The van der Waals surface area contributed by atoms with Crippen molar-refractivity contribution in [3.05, 3.63) is 80.0 Å². The highest BCUT2D eigenvalue weighted by Crippen LogP contribution is 2.34. The summed E-state index contributed by atoms with van der Waals surface area (Å²) >= 11 is 6.25. The van der Waals surface area contributed by atoms with Crippen molar-refractivity contribution < 1.29 is 9.72 Å². The van der Waals surface area contributed by atoms with Crippen molar-refractivity contribution in [1.82, 2.24) is 9.97 Å². The second kappa shape index (κ2) is 9.19. The van der Waals surface area contributed by atoms with Crippen molar-refractivity contribution in [1.29, 1.82) is 0 Å². The molecule has 0 bridgehead atoms. The first-order valence-corrected chi connectivity index (χ1v) is 10.5. The molecule has 4 rings (SSSR count). The summed E-state index contributed by atoms with van der Waals surface area (Å²) in [6, 6.07) is 10.1. The number of carbonyl (C=O) groups excluding carboxylic acids is 1. The number of nitrogens with two attached hydrogens (primary N) is 1. The first-order chi connectivity index (χ1) is 15.4. The highest BCUT2D eigenvalue weighted by Gasteiger charge is 2.20. The van der Waals surface area contributed by atoms with E-state index in [-0.39, 0.29) is 18.2 Å². The summed E-state index contributed by atoms with van der Waals surface area (Å²) in [6.45, 7) is 0.279. The van der Waals surface area contributed by atoms with E-state index in [1.165, 1.54) is 12.3 Å². The van der Waals surface area contributed by atoms with Gasteiger partial charge in [-0.2, -0.15) is 4.98 Å². The van der Waals surface area contributed by atoms with E-state index in [0.717, 1.165) is 36.8 Å². The fourth-order valence-electron chi connectivity index (χ4n) is 3.83. The molecule has 0 fully saturated rings. The molecule has 0 aliphatic heterocycles. The summed E-state index contributed by atoms with van der Waals surface area (Å²) < 4.78 is 0. The Morgan fingerprint density at radius 2 is 2.00 bits per heavy atom. The second-order valence-corrected chi connectivity index (χ2v) is 7.89. The molecule has 1 amide bonds. The van der Waals surface area contributed by atoms with Crippen molar-refractivity contribution in [2.24, 2.45) is 5.73 Å². The summed E-state index contributed by atoms with van der Waals surface area (Å²) in [4.78, 5) is 31.3. The Hall–Kier alpha value is -3.72. The number of non-ortho nitro benzene ring substituents is 1. The lowest BCUT2D eigenvalue weighted by Crippen LogP contribution is -2.15. The Morgan fingerprint density at radius 1 is 1.22 bits per heavy atom. The van der Waals surface area contributed by atoms with E-state index in [0.29, 0.717) is 27.7 Å². The lowest BCUT2D eigenvalue weighted by molar-refractivity contribution is -0.384. The maximum Gasteiger partial charge on any atom is 0.271 e. The van der Waals surface area contributed by atoms with Crippen molar-refractivity contribution in [2.45, 2.75) is 32.2 Å². The van der Waals surface area contributed by atoms with E-state index in [9.17, 15) is 14.9 Å². The number of anilines is 3. The van der Waals surface area contributed by atoms with Crippen LogP contribution in [0.1, 0.15) is 39.9 Å². The number of halogens is 1. The monoisotopic (exact) mass is 452 g/mol. The van der Waals surface area contributed by atoms with Crippen LogP contribution in [-0.2, 0) is 19.4 Å². The van der Waals surface area contributed by atoms with Gasteiger partial charge in [-0.25, -0.2) is 4.98 Å². The Morgan fingerprint density at radius 3 is 2.78 bits per heavy atom. The second-order valence-electron chi connectivity index (χ2n) is 7.49. The number of nitro groups is 1. The Bertz CT molecular complexity index is 1200. The van der Waals surface area contributed by atoms with Crippen LogP contribution in [-0.4, -0.2) is 20.8 Å². The van der Waals surface area contributed by atoms with Crippen LogP contribution >= 0.6 is 11.6 Å². The van der Waals surface area contributed by atoms with E-state index < -0.39 is 10.8 Å². The SMILES string of the molecule is NC(=O)c1ccccc1CNc1nc(Nc2cc([N+](=O)[O-])cc3c2CCCC3)ncc1Cl. The van der Waals surface area contributed by atoms with Crippen molar-refractivity contribution in [3.8, 4) is 0 Å². The summed E-state index contributed by atoms with van der Waals surface area (Å²) in [5.74, 6) is 0.102. The average molecular weight is 453 g/mol. The van der Waals surface area contributed by atoms with E-state index in [1.807, 2.05) is 6.07 Å². The average Bonchev–Trinajstić information content (AvgIpc) is 2.79. The van der Waals surface area contributed by atoms with E-state index in [2.05, 4.69) is 20.6 Å². The number of amides is 1. The van der Waals surface area contributed by atoms with Gasteiger partial charge >= 0.3 is 0 Å². The molecule has 1 aromatic heterocycles. The number of benzene rings is 2. The fraction of sp³-hybridized carbons (Fsp3) is 0.227. The Kier molecular flexibility index (Phi) is 6.18. The molecule has 1 aliphatic carbocycles. The number of fused-ring (bicyclic) bond motifs is 1. The summed E-state index contributed by atoms with van der Waals surface area (Å²) in [6.07, 6.45) is 5.11. The normalized spacial score (nSPS) is 12.7. The molecular formula is C22H21ClN6O3. The van der Waals surface area contributed by atoms with Crippen molar-refractivity contribution in [3.63, 3.8) is 0 Å². The van der Waals surface area contributed by atoms with E-state index >= 15 is 0 Å². The minimum Gasteiger partial charge on any atom is -0.366 e. The molecule has 0 radical (unpaired) electrons. The standard InChI is InChI=1S/C22H21ClN6O3/c23-18-12-26-22(28-21(18)25-11-14-6-2-4-8-17(14)20(24)30)27-19-10-15(29(31)32)9-13-5-1-3-7-16(13)19/h2,4,6,8-10,12H,1,3,5,7,11H2,(H2,24,30)(H2,25,26,27,28). The molecule has 9 nitrogen and oxygen atoms in total. The maximum absolute atomic E-state index is 11.6. The lowest BCUT2D eigenvalue weighted by Gasteiger charge is -2.20. The van der Waals surface area contributed by atoms with Gasteiger partial charge < -0.3 is 16.4 Å². The van der Waals surface area contributed by atoms with E-state index in [4.69, 9.17) is 17.3 Å². The number of nitrogens with one attached hydrogen (secondary N) is 2. The van der Waals surface area contributed by atoms with Gasteiger partial charge in [-0.15, -0.1) is 0 Å². The number of nitrogens with zero attached hydrogens (tertiary/aromatic N) is 3. The van der Waals surface area contributed by atoms with Gasteiger partial charge in [0.05, 0.1) is 16.8 Å². The molecule has 164 valence electrons. The summed E-state index contributed by atoms with van der Waals surface area (Å²) in [7, 11) is 0. The number of carbonyl (C=O) groups is 1. The van der Waals surface area contributed by atoms with Gasteiger partial charge in [0.15, 0.2) is 5.82 Å². The zero-order chi connectivity index (χ0) is 22.7. The molecule has 32 heavy (non-hydrogen) atoms. The number of hydrogen-bond donors (Lipinski definition) is 3. The highest BCUT2D eigenvalue weighted by atomic mass is 35.5. The smallest absolute Gasteiger partial charge is 0.271 e. The van der Waals surface area contributed by atoms with Gasteiger partial charge in [0.25, 0.3) is 5.69 Å². The van der Waals surface area contributed by atoms with Crippen LogP contribution in [0, 0.1) is 10.1 Å². The first kappa shape index (κ1) is 21.5. The molecule has 0 saturated carbocycles. The van der Waals surface area contributed by atoms with Crippen LogP contribution in [0.4, 0.5) is 23.1 Å². The molecule has 2 aromatic carbocycles. The van der Waals surface area contributed by atoms with Crippen LogP contribution in [0.5, 0.6) is 0 Å². The van der Waals surface area contributed by atoms with E-state index in [1.54, 1.807) is 24.3 Å². The number of hydrogen-bond acceptors (Lipinski definition) is 7. The van der Waals surface area contributed by atoms with Gasteiger partial charge in [-0.05, 0) is 48.4 Å². The van der Waals surface area contributed by atoms with Gasteiger partial charge in [0, 0.05) is 24.2 Å². The number of nitro benzene ring substituents is 1. The third kappa shape index (κ3) is 4.62. The third-order valence-corrected chi connectivity index (χ3v) is 5.66. The Labute approximate surface area is 189 Å². The molecule has 1 heterocycles. The van der Waals surface area contributed by atoms with Gasteiger partial charge in [-0.3, -0.25) is 14.9 Å². The molecule has 1 aliphatic rings. The maximum atomic E-state index is 11.6. The molecule has 0 atom stereocenters. The predicted octanol–water partition coefficient (Wildman–Crippen LogP) is 4.37. The minimum absolute atomic E-state index is 0.0310. The number of rotatable bonds is 7. The topological polar surface area (TPSA) is 136 Å². The molecule has 4 N–H and O–H groups in total. The largest absolute Gasteiger partial charge is 0.366 e. The van der Waals surface area contributed by atoms with Gasteiger partial charge in [-0.1, -0.05) is 29.8 Å². The number of primary amides is 1. The van der Waals surface area contributed by atoms with Crippen molar-refractivity contribution in [2.75, 3.05) is 10.6 Å². The summed E-state index contributed by atoms with van der Waals surface area (Å²) in [5.41, 5.74) is 9.23. The third-order valence-electron chi connectivity index (χ3n) is 5.38. The minimum atomic E-state index is -0.519. The van der Waals surface area contributed by atoms with Crippen LogP contribution in [0.25, 0.3) is 0 Å².